The lowest BCUT2D eigenvalue weighted by molar-refractivity contribution is -0.619. The maximum atomic E-state index is 11.7. The number of fused-ring (bicyclic) bond motifs is 2. The van der Waals surface area contributed by atoms with Crippen LogP contribution in [0, 0.1) is 20.2 Å². The number of rotatable bonds is 5. The van der Waals surface area contributed by atoms with Crippen LogP contribution in [0.5, 0.6) is 0 Å². The topological polar surface area (TPSA) is 153 Å². The lowest BCUT2D eigenvalue weighted by atomic mass is 9.69. The molecule has 0 aromatic heterocycles. The highest BCUT2D eigenvalue weighted by molar-refractivity contribution is 5.89. The molecular formula is C12H15N3O8. The van der Waals surface area contributed by atoms with Crippen molar-refractivity contribution >= 4 is 11.9 Å². The van der Waals surface area contributed by atoms with Gasteiger partial charge in [0.15, 0.2) is 0 Å². The number of carboxylic acid groups (broad SMARTS) is 1. The summed E-state index contributed by atoms with van der Waals surface area (Å²) in [5, 5.41) is 32.0. The van der Waals surface area contributed by atoms with Crippen LogP contribution >= 0.6 is 0 Å². The van der Waals surface area contributed by atoms with Crippen molar-refractivity contribution in [3.05, 3.63) is 31.9 Å². The van der Waals surface area contributed by atoms with E-state index in [1.165, 1.54) is 4.90 Å². The Labute approximate surface area is 129 Å². The highest BCUT2D eigenvalue weighted by atomic mass is 16.6. The number of nitro groups is 2. The molecule has 2 unspecified atom stereocenters. The van der Waals surface area contributed by atoms with E-state index in [0.717, 1.165) is 13.2 Å². The average Bonchev–Trinajstić information content (AvgIpc) is 2.44. The van der Waals surface area contributed by atoms with Crippen LogP contribution in [0.4, 0.5) is 0 Å². The maximum Gasteiger partial charge on any atom is 0.333 e. The summed E-state index contributed by atoms with van der Waals surface area (Å²) >= 11 is 0. The molecule has 1 heterocycles. The molecule has 2 aliphatic rings. The quantitative estimate of drug-likeness (QED) is 0.392. The Morgan fingerprint density at radius 3 is 2.48 bits per heavy atom. The van der Waals surface area contributed by atoms with E-state index in [-0.39, 0.29) is 25.1 Å². The van der Waals surface area contributed by atoms with Gasteiger partial charge >= 0.3 is 11.9 Å². The van der Waals surface area contributed by atoms with Gasteiger partial charge in [-0.05, 0) is 0 Å². The van der Waals surface area contributed by atoms with Crippen LogP contribution in [0.2, 0.25) is 0 Å². The zero-order chi connectivity index (χ0) is 17.4. The van der Waals surface area contributed by atoms with Crippen molar-refractivity contribution in [3.63, 3.8) is 0 Å². The van der Waals surface area contributed by atoms with Crippen LogP contribution in [0.15, 0.2) is 11.6 Å². The number of hydrogen-bond donors (Lipinski definition) is 1. The number of methoxy groups -OCH3 is 1. The van der Waals surface area contributed by atoms with Crippen molar-refractivity contribution in [2.75, 3.05) is 26.7 Å². The van der Waals surface area contributed by atoms with Crippen molar-refractivity contribution < 1.29 is 29.3 Å². The second kappa shape index (κ2) is 5.57. The minimum atomic E-state index is -1.89. The van der Waals surface area contributed by atoms with Crippen molar-refractivity contribution in [3.8, 4) is 0 Å². The molecule has 0 amide bonds. The molecule has 11 nitrogen and oxygen atoms in total. The Morgan fingerprint density at radius 1 is 1.35 bits per heavy atom. The number of carbonyl (C=O) groups is 2. The lowest BCUT2D eigenvalue weighted by Crippen LogP contribution is -2.67. The number of aliphatic carboxylic acids is 1. The van der Waals surface area contributed by atoms with Gasteiger partial charge in [-0.3, -0.25) is 29.9 Å². The van der Waals surface area contributed by atoms with Gasteiger partial charge < -0.3 is 9.84 Å². The average molecular weight is 329 g/mol. The molecule has 126 valence electrons. The summed E-state index contributed by atoms with van der Waals surface area (Å²) in [6, 6.07) is 0. The van der Waals surface area contributed by atoms with Crippen molar-refractivity contribution in [1.29, 1.82) is 0 Å². The molecule has 1 N–H and O–H groups in total. The minimum Gasteiger partial charge on any atom is -0.480 e. The number of carbonyl (C=O) groups excluding carboxylic acids is 1. The smallest absolute Gasteiger partial charge is 0.333 e. The zero-order valence-electron chi connectivity index (χ0n) is 12.3. The van der Waals surface area contributed by atoms with Crippen LogP contribution in [0.1, 0.15) is 12.8 Å². The Hall–Kier alpha value is -2.56. The highest BCUT2D eigenvalue weighted by Crippen LogP contribution is 2.43. The molecule has 2 atom stereocenters. The monoisotopic (exact) mass is 329 g/mol. The third kappa shape index (κ3) is 2.86. The number of carboxylic acids is 1. The first-order valence-corrected chi connectivity index (χ1v) is 6.67. The van der Waals surface area contributed by atoms with E-state index in [1.54, 1.807) is 0 Å². The fourth-order valence-electron chi connectivity index (χ4n) is 3.41. The summed E-state index contributed by atoms with van der Waals surface area (Å²) in [5.74, 6) is -2.09. The van der Waals surface area contributed by atoms with E-state index in [1.807, 2.05) is 0 Å². The molecule has 0 aromatic rings. The van der Waals surface area contributed by atoms with Gasteiger partial charge in [0, 0.05) is 21.5 Å². The van der Waals surface area contributed by atoms with Gasteiger partial charge in [-0.2, -0.15) is 0 Å². The predicted molar refractivity (Wildman–Crippen MR) is 72.9 cm³/mol. The molecule has 1 saturated heterocycles. The molecule has 11 heteroatoms. The first-order chi connectivity index (χ1) is 10.6. The Kier molecular flexibility index (Phi) is 4.07. The van der Waals surface area contributed by atoms with Crippen LogP contribution in [0.3, 0.4) is 0 Å². The molecule has 0 saturated carbocycles. The molecule has 23 heavy (non-hydrogen) atoms. The standard InChI is InChI=1S/C12H15N3O8/c1-23-10(18)8-2-11(14(19)20)5-12(3-8,15(21)22)7-13(6-11)4-9(16)17/h2H,3-7H2,1H3,(H,16,17). The van der Waals surface area contributed by atoms with Crippen LogP contribution < -0.4 is 0 Å². The van der Waals surface area contributed by atoms with Gasteiger partial charge in [-0.25, -0.2) is 4.79 Å². The molecule has 0 spiro atoms. The summed E-state index contributed by atoms with van der Waals surface area (Å²) < 4.78 is 4.54. The fourth-order valence-corrected chi connectivity index (χ4v) is 3.41. The maximum absolute atomic E-state index is 11.7. The normalized spacial score (nSPS) is 30.2. The van der Waals surface area contributed by atoms with Crippen LogP contribution in [0.25, 0.3) is 0 Å². The number of likely N-dealkylation sites (tertiary alicyclic amines) is 1. The predicted octanol–water partition coefficient (Wildman–Crippen LogP) is -0.689. The van der Waals surface area contributed by atoms with Gasteiger partial charge in [0.05, 0.1) is 39.6 Å². The van der Waals surface area contributed by atoms with Crippen molar-refractivity contribution in [2.45, 2.75) is 23.9 Å². The summed E-state index contributed by atoms with van der Waals surface area (Å²) in [5.41, 5.74) is -3.80. The number of esters is 1. The summed E-state index contributed by atoms with van der Waals surface area (Å²) in [6.45, 7) is -1.15. The Balaban J connectivity index is 2.54. The molecule has 0 aromatic carbocycles. The Bertz CT molecular complexity index is 617. The lowest BCUT2D eigenvalue weighted by Gasteiger charge is -2.44. The first-order valence-electron chi connectivity index (χ1n) is 6.67. The zero-order valence-corrected chi connectivity index (χ0v) is 12.3. The molecule has 0 radical (unpaired) electrons. The second-order valence-electron chi connectivity index (χ2n) is 5.90. The third-order valence-corrected chi connectivity index (χ3v) is 4.17. The van der Waals surface area contributed by atoms with E-state index >= 15 is 0 Å². The number of hydrogen-bond acceptors (Lipinski definition) is 8. The molecule has 2 rings (SSSR count). The van der Waals surface area contributed by atoms with Gasteiger partial charge in [-0.15, -0.1) is 0 Å². The largest absolute Gasteiger partial charge is 0.480 e. The SMILES string of the molecule is COC(=O)C1=CC2([N+](=O)[O-])CN(CC(=O)O)CC([N+](=O)[O-])(C1)C2. The number of piperidine rings is 1. The first kappa shape index (κ1) is 16.8. The summed E-state index contributed by atoms with van der Waals surface area (Å²) in [6.07, 6.45) is 0.351. The van der Waals surface area contributed by atoms with Crippen LogP contribution in [-0.2, 0) is 14.3 Å². The molecule has 1 aliphatic heterocycles. The van der Waals surface area contributed by atoms with E-state index in [2.05, 4.69) is 4.74 Å². The van der Waals surface area contributed by atoms with Crippen molar-refractivity contribution in [2.24, 2.45) is 0 Å². The molecule has 1 aliphatic carbocycles. The van der Waals surface area contributed by atoms with Gasteiger partial charge in [0.2, 0.25) is 5.54 Å². The third-order valence-electron chi connectivity index (χ3n) is 4.17. The van der Waals surface area contributed by atoms with Gasteiger partial charge in [0.25, 0.3) is 5.54 Å². The van der Waals surface area contributed by atoms with E-state index in [0.29, 0.717) is 0 Å². The molecule has 1 fully saturated rings. The van der Waals surface area contributed by atoms with Crippen LogP contribution in [-0.4, -0.2) is 69.6 Å². The van der Waals surface area contributed by atoms with Gasteiger partial charge in [-0.1, -0.05) is 0 Å². The highest BCUT2D eigenvalue weighted by Gasteiger charge is 2.64. The molecule has 2 bridgehead atoms. The van der Waals surface area contributed by atoms with E-state index in [9.17, 15) is 29.8 Å². The van der Waals surface area contributed by atoms with Crippen molar-refractivity contribution in [1.82, 2.24) is 4.90 Å². The summed E-state index contributed by atoms with van der Waals surface area (Å²) in [7, 11) is 1.09. The fraction of sp³-hybridized carbons (Fsp3) is 0.667. The second-order valence-corrected chi connectivity index (χ2v) is 5.90. The van der Waals surface area contributed by atoms with E-state index < -0.39 is 45.8 Å². The number of nitrogens with zero attached hydrogens (tertiary/aromatic N) is 3. The molecular weight excluding hydrogens is 314 g/mol. The minimum absolute atomic E-state index is 0.123. The van der Waals surface area contributed by atoms with Gasteiger partial charge in [0.1, 0.15) is 0 Å². The number of ether oxygens (including phenoxy) is 1. The summed E-state index contributed by atoms with van der Waals surface area (Å²) in [4.78, 5) is 45.6. The Morgan fingerprint density at radius 2 is 2.00 bits per heavy atom. The van der Waals surface area contributed by atoms with E-state index in [4.69, 9.17) is 5.11 Å².